The number of nitrogens with one attached hydrogen (secondary N) is 1. The van der Waals surface area contributed by atoms with Gasteiger partial charge in [0.2, 0.25) is 5.91 Å². The van der Waals surface area contributed by atoms with Crippen molar-refractivity contribution in [2.45, 2.75) is 53.0 Å². The summed E-state index contributed by atoms with van der Waals surface area (Å²) in [6.07, 6.45) is 2.97. The van der Waals surface area contributed by atoms with Crippen molar-refractivity contribution in [3.63, 3.8) is 0 Å². The fourth-order valence-corrected chi connectivity index (χ4v) is 1.85. The molecule has 5 nitrogen and oxygen atoms in total. The molecule has 0 aromatic carbocycles. The summed E-state index contributed by atoms with van der Waals surface area (Å²) in [4.78, 5) is 25.3. The van der Waals surface area contributed by atoms with E-state index in [0.717, 1.165) is 19.3 Å². The number of esters is 1. The van der Waals surface area contributed by atoms with Crippen LogP contribution in [0.3, 0.4) is 0 Å². The van der Waals surface area contributed by atoms with Gasteiger partial charge in [-0.15, -0.1) is 0 Å². The molecule has 1 atom stereocenters. The first-order valence-corrected chi connectivity index (χ1v) is 7.56. The molecule has 0 aliphatic carbocycles. The summed E-state index contributed by atoms with van der Waals surface area (Å²) in [5, 5.41) is 3.17. The molecule has 0 bridgehead atoms. The van der Waals surface area contributed by atoms with Gasteiger partial charge in [-0.05, 0) is 19.3 Å². The van der Waals surface area contributed by atoms with Crippen LogP contribution in [0.15, 0.2) is 0 Å². The maximum Gasteiger partial charge on any atom is 0.325 e. The van der Waals surface area contributed by atoms with Crippen molar-refractivity contribution in [1.82, 2.24) is 10.2 Å². The van der Waals surface area contributed by atoms with Crippen molar-refractivity contribution in [2.75, 3.05) is 26.7 Å². The van der Waals surface area contributed by atoms with Gasteiger partial charge in [0.15, 0.2) is 0 Å². The second kappa shape index (κ2) is 10.7. The number of hydrogen-bond acceptors (Lipinski definition) is 4. The topological polar surface area (TPSA) is 58.6 Å². The van der Waals surface area contributed by atoms with Gasteiger partial charge >= 0.3 is 5.97 Å². The fraction of sp³-hybridized carbons (Fsp3) is 0.867. The predicted molar refractivity (Wildman–Crippen MR) is 80.4 cm³/mol. The standard InChI is InChI=1S/C15H30N2O3/c1-6-12(4)16-9-14(18)17(11-15(19)20-5)10-13(7-2)8-3/h12-13,16H,6-11H2,1-5H3. The van der Waals surface area contributed by atoms with Crippen molar-refractivity contribution in [2.24, 2.45) is 5.92 Å². The molecule has 1 amide bonds. The van der Waals surface area contributed by atoms with Crippen molar-refractivity contribution < 1.29 is 14.3 Å². The van der Waals surface area contributed by atoms with Gasteiger partial charge in [-0.25, -0.2) is 0 Å². The molecule has 0 aliphatic heterocycles. The van der Waals surface area contributed by atoms with Crippen LogP contribution in [0.25, 0.3) is 0 Å². The third-order valence-corrected chi connectivity index (χ3v) is 3.75. The minimum absolute atomic E-state index is 0.0357. The molecule has 0 spiro atoms. The summed E-state index contributed by atoms with van der Waals surface area (Å²) < 4.78 is 4.67. The van der Waals surface area contributed by atoms with E-state index < -0.39 is 0 Å². The van der Waals surface area contributed by atoms with E-state index in [0.29, 0.717) is 18.5 Å². The number of nitrogens with zero attached hydrogens (tertiary/aromatic N) is 1. The normalized spacial score (nSPS) is 12.3. The van der Waals surface area contributed by atoms with Crippen LogP contribution in [0, 0.1) is 5.92 Å². The highest BCUT2D eigenvalue weighted by molar-refractivity contribution is 5.83. The zero-order valence-corrected chi connectivity index (χ0v) is 13.6. The molecule has 0 heterocycles. The van der Waals surface area contributed by atoms with Gasteiger partial charge in [-0.2, -0.15) is 0 Å². The van der Waals surface area contributed by atoms with Crippen LogP contribution in [-0.2, 0) is 14.3 Å². The number of hydrogen-bond donors (Lipinski definition) is 1. The van der Waals surface area contributed by atoms with Gasteiger partial charge in [0.05, 0.1) is 13.7 Å². The van der Waals surface area contributed by atoms with Gasteiger partial charge < -0.3 is 15.0 Å². The Morgan fingerprint density at radius 1 is 1.15 bits per heavy atom. The smallest absolute Gasteiger partial charge is 0.325 e. The number of rotatable bonds is 10. The highest BCUT2D eigenvalue weighted by Crippen LogP contribution is 2.10. The summed E-state index contributed by atoms with van der Waals surface area (Å²) in [6.45, 7) is 9.24. The van der Waals surface area contributed by atoms with Gasteiger partial charge in [0.1, 0.15) is 6.54 Å². The molecule has 20 heavy (non-hydrogen) atoms. The lowest BCUT2D eigenvalue weighted by atomic mass is 10.0. The molecular formula is C15H30N2O3. The fourth-order valence-electron chi connectivity index (χ4n) is 1.85. The molecule has 0 saturated carbocycles. The molecule has 0 fully saturated rings. The average Bonchev–Trinajstić information content (AvgIpc) is 2.47. The van der Waals surface area contributed by atoms with E-state index in [2.05, 4.69) is 30.8 Å². The minimum Gasteiger partial charge on any atom is -0.468 e. The first-order valence-electron chi connectivity index (χ1n) is 7.56. The Morgan fingerprint density at radius 2 is 1.75 bits per heavy atom. The lowest BCUT2D eigenvalue weighted by Crippen LogP contribution is -2.45. The SMILES string of the molecule is CCC(CC)CN(CC(=O)OC)C(=O)CNC(C)CC. The Balaban J connectivity index is 4.56. The van der Waals surface area contributed by atoms with Gasteiger partial charge in [-0.1, -0.05) is 33.6 Å². The largest absolute Gasteiger partial charge is 0.468 e. The summed E-state index contributed by atoms with van der Waals surface area (Å²) >= 11 is 0. The molecule has 0 radical (unpaired) electrons. The molecule has 0 rings (SSSR count). The van der Waals surface area contributed by atoms with E-state index in [-0.39, 0.29) is 25.0 Å². The van der Waals surface area contributed by atoms with E-state index in [1.807, 2.05) is 6.92 Å². The summed E-state index contributed by atoms with van der Waals surface area (Å²) in [7, 11) is 1.35. The summed E-state index contributed by atoms with van der Waals surface area (Å²) in [5.74, 6) is 0.0163. The lowest BCUT2D eigenvalue weighted by Gasteiger charge is -2.26. The maximum atomic E-state index is 12.2. The quantitative estimate of drug-likeness (QED) is 0.622. The van der Waals surface area contributed by atoms with Gasteiger partial charge in [-0.3, -0.25) is 9.59 Å². The highest BCUT2D eigenvalue weighted by Gasteiger charge is 2.20. The van der Waals surface area contributed by atoms with Crippen molar-refractivity contribution in [1.29, 1.82) is 0 Å². The number of carbonyl (C=O) groups excluding carboxylic acids is 2. The van der Waals surface area contributed by atoms with Crippen LogP contribution in [0.5, 0.6) is 0 Å². The van der Waals surface area contributed by atoms with Crippen molar-refractivity contribution >= 4 is 11.9 Å². The lowest BCUT2D eigenvalue weighted by molar-refractivity contribution is -0.147. The molecule has 0 saturated heterocycles. The van der Waals surface area contributed by atoms with Crippen molar-refractivity contribution in [3.05, 3.63) is 0 Å². The minimum atomic E-state index is -0.368. The molecule has 1 N–H and O–H groups in total. The second-order valence-electron chi connectivity index (χ2n) is 5.22. The maximum absolute atomic E-state index is 12.2. The van der Waals surface area contributed by atoms with E-state index in [1.54, 1.807) is 4.90 Å². The van der Waals surface area contributed by atoms with Gasteiger partial charge in [0.25, 0.3) is 0 Å². The van der Waals surface area contributed by atoms with E-state index >= 15 is 0 Å². The van der Waals surface area contributed by atoms with E-state index in [9.17, 15) is 9.59 Å². The van der Waals surface area contributed by atoms with Crippen LogP contribution in [-0.4, -0.2) is 49.6 Å². The molecule has 0 aromatic heterocycles. The first-order chi connectivity index (χ1) is 9.48. The van der Waals surface area contributed by atoms with Crippen LogP contribution in [0.1, 0.15) is 47.0 Å². The Morgan fingerprint density at radius 3 is 2.20 bits per heavy atom. The van der Waals surface area contributed by atoms with Crippen LogP contribution in [0.4, 0.5) is 0 Å². The predicted octanol–water partition coefficient (Wildman–Crippen LogP) is 1.81. The first kappa shape index (κ1) is 18.9. The second-order valence-corrected chi connectivity index (χ2v) is 5.22. The number of carbonyl (C=O) groups is 2. The average molecular weight is 286 g/mol. The third kappa shape index (κ3) is 7.48. The Bertz CT molecular complexity index is 291. The monoisotopic (exact) mass is 286 g/mol. The number of amides is 1. The molecule has 118 valence electrons. The molecular weight excluding hydrogens is 256 g/mol. The van der Waals surface area contributed by atoms with Crippen LogP contribution in [0.2, 0.25) is 0 Å². The zero-order valence-electron chi connectivity index (χ0n) is 13.6. The number of ether oxygens (including phenoxy) is 1. The Labute approximate surface area is 123 Å². The van der Waals surface area contributed by atoms with Crippen LogP contribution >= 0.6 is 0 Å². The van der Waals surface area contributed by atoms with Gasteiger partial charge in [0, 0.05) is 12.6 Å². The molecule has 0 aromatic rings. The summed E-state index contributed by atoms with van der Waals surface area (Å²) in [6, 6.07) is 0.298. The Hall–Kier alpha value is -1.10. The highest BCUT2D eigenvalue weighted by atomic mass is 16.5. The zero-order chi connectivity index (χ0) is 15.5. The van der Waals surface area contributed by atoms with Crippen molar-refractivity contribution in [3.8, 4) is 0 Å². The third-order valence-electron chi connectivity index (χ3n) is 3.75. The van der Waals surface area contributed by atoms with Crippen LogP contribution < -0.4 is 5.32 Å². The van der Waals surface area contributed by atoms with E-state index in [1.165, 1.54) is 7.11 Å². The van der Waals surface area contributed by atoms with E-state index in [4.69, 9.17) is 0 Å². The molecule has 5 heteroatoms. The Kier molecular flexibility index (Phi) is 10.1. The molecule has 1 unspecified atom stereocenters. The molecule has 0 aliphatic rings. The summed E-state index contributed by atoms with van der Waals surface area (Å²) in [5.41, 5.74) is 0. The number of methoxy groups -OCH3 is 1.